The topological polar surface area (TPSA) is 15.3 Å². The molecule has 1 rings (SSSR count). The second-order valence-corrected chi connectivity index (χ2v) is 4.34. The SMILES string of the molecule is CCCN(CC)CC1CSCN1. The van der Waals surface area contributed by atoms with Crippen LogP contribution < -0.4 is 5.32 Å². The summed E-state index contributed by atoms with van der Waals surface area (Å²) in [6.45, 7) is 8.17. The highest BCUT2D eigenvalue weighted by Crippen LogP contribution is 2.10. The molecule has 0 amide bonds. The highest BCUT2D eigenvalue weighted by Gasteiger charge is 2.16. The Kier molecular flexibility index (Phi) is 5.04. The van der Waals surface area contributed by atoms with Crippen LogP contribution in [0.15, 0.2) is 0 Å². The lowest BCUT2D eigenvalue weighted by Crippen LogP contribution is -2.39. The third-order valence-corrected chi connectivity index (χ3v) is 3.27. The maximum atomic E-state index is 3.50. The Balaban J connectivity index is 2.16. The van der Waals surface area contributed by atoms with Crippen molar-refractivity contribution in [2.45, 2.75) is 26.3 Å². The van der Waals surface area contributed by atoms with Crippen LogP contribution >= 0.6 is 11.8 Å². The van der Waals surface area contributed by atoms with Crippen molar-refractivity contribution in [1.82, 2.24) is 10.2 Å². The molecule has 1 N–H and O–H groups in total. The molecule has 0 aliphatic carbocycles. The Labute approximate surface area is 80.1 Å². The van der Waals surface area contributed by atoms with Crippen molar-refractivity contribution in [3.63, 3.8) is 0 Å². The molecule has 0 spiro atoms. The van der Waals surface area contributed by atoms with Gasteiger partial charge in [0.1, 0.15) is 0 Å². The molecule has 0 aromatic rings. The fourth-order valence-electron chi connectivity index (χ4n) is 1.56. The molecule has 0 aromatic heterocycles. The van der Waals surface area contributed by atoms with Crippen LogP contribution in [0.4, 0.5) is 0 Å². The van der Waals surface area contributed by atoms with Gasteiger partial charge in [0.05, 0.1) is 0 Å². The molecule has 3 heteroatoms. The molecule has 1 saturated heterocycles. The first-order chi connectivity index (χ1) is 5.86. The van der Waals surface area contributed by atoms with E-state index < -0.39 is 0 Å². The van der Waals surface area contributed by atoms with Gasteiger partial charge in [0.2, 0.25) is 0 Å². The van der Waals surface area contributed by atoms with Gasteiger partial charge in [-0.15, -0.1) is 11.8 Å². The minimum atomic E-state index is 0.737. The van der Waals surface area contributed by atoms with Crippen molar-refractivity contribution < 1.29 is 0 Å². The van der Waals surface area contributed by atoms with Crippen molar-refractivity contribution in [3.05, 3.63) is 0 Å². The van der Waals surface area contributed by atoms with Crippen LogP contribution in [0, 0.1) is 0 Å². The monoisotopic (exact) mass is 188 g/mol. The van der Waals surface area contributed by atoms with Crippen molar-refractivity contribution in [2.75, 3.05) is 31.3 Å². The van der Waals surface area contributed by atoms with Crippen molar-refractivity contribution in [1.29, 1.82) is 0 Å². The van der Waals surface area contributed by atoms with Crippen LogP contribution in [0.1, 0.15) is 20.3 Å². The van der Waals surface area contributed by atoms with E-state index in [4.69, 9.17) is 0 Å². The van der Waals surface area contributed by atoms with Gasteiger partial charge in [-0.05, 0) is 19.5 Å². The van der Waals surface area contributed by atoms with Crippen LogP contribution in [-0.2, 0) is 0 Å². The van der Waals surface area contributed by atoms with E-state index in [1.807, 2.05) is 11.8 Å². The van der Waals surface area contributed by atoms with Gasteiger partial charge in [0, 0.05) is 24.2 Å². The third kappa shape index (κ3) is 3.33. The molecule has 12 heavy (non-hydrogen) atoms. The molecule has 72 valence electrons. The highest BCUT2D eigenvalue weighted by atomic mass is 32.2. The van der Waals surface area contributed by atoms with Crippen LogP contribution in [0.2, 0.25) is 0 Å². The molecule has 0 aromatic carbocycles. The first-order valence-electron chi connectivity index (χ1n) is 4.90. The van der Waals surface area contributed by atoms with Crippen LogP contribution in [0.25, 0.3) is 0 Å². The molecular formula is C9H20N2S. The lowest BCUT2D eigenvalue weighted by atomic mass is 10.3. The van der Waals surface area contributed by atoms with Gasteiger partial charge in [-0.25, -0.2) is 0 Å². The molecule has 0 radical (unpaired) electrons. The summed E-state index contributed by atoms with van der Waals surface area (Å²) >= 11 is 2.01. The average Bonchev–Trinajstić information content (AvgIpc) is 2.56. The van der Waals surface area contributed by atoms with Gasteiger partial charge in [-0.3, -0.25) is 0 Å². The molecule has 1 fully saturated rings. The number of nitrogens with zero attached hydrogens (tertiary/aromatic N) is 1. The Hall–Kier alpha value is 0.270. The maximum absolute atomic E-state index is 3.50. The Morgan fingerprint density at radius 3 is 2.83 bits per heavy atom. The summed E-state index contributed by atoms with van der Waals surface area (Å²) in [5.41, 5.74) is 0. The molecule has 1 aliphatic rings. The van der Waals surface area contributed by atoms with Crippen LogP contribution in [0.5, 0.6) is 0 Å². The molecular weight excluding hydrogens is 168 g/mol. The average molecular weight is 188 g/mol. The van der Waals surface area contributed by atoms with E-state index in [9.17, 15) is 0 Å². The molecule has 0 saturated carbocycles. The number of hydrogen-bond acceptors (Lipinski definition) is 3. The summed E-state index contributed by atoms with van der Waals surface area (Å²) in [5.74, 6) is 2.44. The lowest BCUT2D eigenvalue weighted by molar-refractivity contribution is 0.267. The van der Waals surface area contributed by atoms with E-state index in [-0.39, 0.29) is 0 Å². The zero-order valence-corrected chi connectivity index (χ0v) is 8.99. The van der Waals surface area contributed by atoms with Gasteiger partial charge in [0.15, 0.2) is 0 Å². The molecule has 0 bridgehead atoms. The van der Waals surface area contributed by atoms with Crippen molar-refractivity contribution in [3.8, 4) is 0 Å². The van der Waals surface area contributed by atoms with Crippen LogP contribution in [0.3, 0.4) is 0 Å². The zero-order valence-electron chi connectivity index (χ0n) is 8.18. The van der Waals surface area contributed by atoms with Gasteiger partial charge >= 0.3 is 0 Å². The first-order valence-corrected chi connectivity index (χ1v) is 6.05. The van der Waals surface area contributed by atoms with Crippen LogP contribution in [-0.4, -0.2) is 42.2 Å². The van der Waals surface area contributed by atoms with Gasteiger partial charge in [0.25, 0.3) is 0 Å². The predicted octanol–water partition coefficient (Wildman–Crippen LogP) is 1.38. The quantitative estimate of drug-likeness (QED) is 0.702. The summed E-state index contributed by atoms with van der Waals surface area (Å²) in [6.07, 6.45) is 1.27. The molecule has 1 heterocycles. The summed E-state index contributed by atoms with van der Waals surface area (Å²) in [7, 11) is 0. The number of nitrogens with one attached hydrogen (secondary N) is 1. The van der Waals surface area contributed by atoms with E-state index >= 15 is 0 Å². The van der Waals surface area contributed by atoms with E-state index in [0.717, 1.165) is 11.9 Å². The number of hydrogen-bond donors (Lipinski definition) is 1. The van der Waals surface area contributed by atoms with Gasteiger partial charge in [-0.2, -0.15) is 0 Å². The van der Waals surface area contributed by atoms with E-state index in [1.54, 1.807) is 0 Å². The van der Waals surface area contributed by atoms with Gasteiger partial charge in [-0.1, -0.05) is 13.8 Å². The summed E-state index contributed by atoms with van der Waals surface area (Å²) in [5, 5.41) is 3.50. The maximum Gasteiger partial charge on any atom is 0.0421 e. The standard InChI is InChI=1S/C9H20N2S/c1-3-5-11(4-2)6-9-7-12-8-10-9/h9-10H,3-8H2,1-2H3. The minimum Gasteiger partial charge on any atom is -0.303 e. The molecule has 1 atom stereocenters. The molecule has 2 nitrogen and oxygen atoms in total. The Morgan fingerprint density at radius 1 is 1.50 bits per heavy atom. The summed E-state index contributed by atoms with van der Waals surface area (Å²) in [4.78, 5) is 2.53. The van der Waals surface area contributed by atoms with E-state index in [0.29, 0.717) is 0 Å². The summed E-state index contributed by atoms with van der Waals surface area (Å²) in [6, 6.07) is 0.737. The lowest BCUT2D eigenvalue weighted by Gasteiger charge is -2.22. The number of rotatable bonds is 5. The summed E-state index contributed by atoms with van der Waals surface area (Å²) < 4.78 is 0. The largest absolute Gasteiger partial charge is 0.303 e. The normalized spacial score (nSPS) is 23.8. The van der Waals surface area contributed by atoms with Crippen molar-refractivity contribution >= 4 is 11.8 Å². The van der Waals surface area contributed by atoms with E-state index in [2.05, 4.69) is 24.1 Å². The smallest absolute Gasteiger partial charge is 0.0421 e. The highest BCUT2D eigenvalue weighted by molar-refractivity contribution is 7.99. The van der Waals surface area contributed by atoms with Gasteiger partial charge < -0.3 is 10.2 Å². The first kappa shape index (κ1) is 10.4. The molecule has 1 unspecified atom stereocenters. The van der Waals surface area contributed by atoms with E-state index in [1.165, 1.54) is 31.8 Å². The fourth-order valence-corrected chi connectivity index (χ4v) is 2.54. The number of likely N-dealkylation sites (N-methyl/N-ethyl adjacent to an activating group) is 1. The Bertz CT molecular complexity index is 113. The molecule has 1 aliphatic heterocycles. The zero-order chi connectivity index (χ0) is 8.81. The second-order valence-electron chi connectivity index (χ2n) is 3.31. The second kappa shape index (κ2) is 5.84. The predicted molar refractivity (Wildman–Crippen MR) is 56.7 cm³/mol. The number of thioether (sulfide) groups is 1. The minimum absolute atomic E-state index is 0.737. The third-order valence-electron chi connectivity index (χ3n) is 2.26. The Morgan fingerprint density at radius 2 is 2.33 bits per heavy atom. The fraction of sp³-hybridized carbons (Fsp3) is 1.00. The van der Waals surface area contributed by atoms with Crippen molar-refractivity contribution in [2.24, 2.45) is 0 Å².